The summed E-state index contributed by atoms with van der Waals surface area (Å²) in [5, 5.41) is 10.2. The Balaban J connectivity index is 2.60. The van der Waals surface area contributed by atoms with Crippen molar-refractivity contribution in [3.05, 3.63) is 35.5 Å². The van der Waals surface area contributed by atoms with Crippen molar-refractivity contribution in [2.24, 2.45) is 7.05 Å². The Hall–Kier alpha value is -1.77. The van der Waals surface area contributed by atoms with Crippen LogP contribution >= 0.6 is 0 Å². The van der Waals surface area contributed by atoms with Gasteiger partial charge >= 0.3 is 5.97 Å². The molecule has 0 radical (unpaired) electrons. The molecule has 0 aliphatic carbocycles. The van der Waals surface area contributed by atoms with Crippen molar-refractivity contribution in [1.82, 2.24) is 4.57 Å². The van der Waals surface area contributed by atoms with E-state index in [9.17, 15) is 4.79 Å². The van der Waals surface area contributed by atoms with Gasteiger partial charge in [0.2, 0.25) is 0 Å². The van der Waals surface area contributed by atoms with Crippen LogP contribution in [-0.4, -0.2) is 15.6 Å². The molecule has 1 aromatic heterocycles. The summed E-state index contributed by atoms with van der Waals surface area (Å²) in [5.41, 5.74) is 3.15. The zero-order valence-corrected chi connectivity index (χ0v) is 9.69. The molecule has 3 nitrogen and oxygen atoms in total. The summed E-state index contributed by atoms with van der Waals surface area (Å²) < 4.78 is 2.03. The molecule has 0 aliphatic rings. The highest BCUT2D eigenvalue weighted by atomic mass is 16.4. The van der Waals surface area contributed by atoms with Crippen LogP contribution in [0.5, 0.6) is 0 Å². The second-order valence-electron chi connectivity index (χ2n) is 4.26. The number of carboxylic acid groups (broad SMARTS) is 1. The Bertz CT molecular complexity index is 554. The highest BCUT2D eigenvalue weighted by molar-refractivity contribution is 5.86. The first-order valence-electron chi connectivity index (χ1n) is 5.29. The number of aromatic nitrogens is 1. The molecular weight excluding hydrogens is 202 g/mol. The van der Waals surface area contributed by atoms with Gasteiger partial charge in [-0.15, -0.1) is 0 Å². The number of aliphatic carboxylic acids is 1. The maximum absolute atomic E-state index is 10.9. The predicted molar refractivity (Wildman–Crippen MR) is 63.7 cm³/mol. The molecule has 1 N–H and O–H groups in total. The average molecular weight is 217 g/mol. The molecule has 84 valence electrons. The first kappa shape index (κ1) is 10.7. The molecule has 0 saturated carbocycles. The van der Waals surface area contributed by atoms with E-state index in [1.165, 1.54) is 10.9 Å². The van der Waals surface area contributed by atoms with Crippen molar-refractivity contribution in [2.75, 3.05) is 0 Å². The van der Waals surface area contributed by atoms with Gasteiger partial charge in [-0.1, -0.05) is 12.1 Å². The Morgan fingerprint density at radius 2 is 2.12 bits per heavy atom. The minimum absolute atomic E-state index is 0.459. The third-order valence-electron chi connectivity index (χ3n) is 3.08. The van der Waals surface area contributed by atoms with Crippen molar-refractivity contribution in [2.45, 2.75) is 19.8 Å². The summed E-state index contributed by atoms with van der Waals surface area (Å²) in [4.78, 5) is 10.9. The Kier molecular flexibility index (Phi) is 2.46. The summed E-state index contributed by atoms with van der Waals surface area (Å²) in [6, 6.07) is 5.86. The Labute approximate surface area is 94.3 Å². The normalized spacial score (nSPS) is 12.9. The fourth-order valence-corrected chi connectivity index (χ4v) is 2.02. The maximum atomic E-state index is 10.9. The first-order chi connectivity index (χ1) is 7.50. The molecule has 0 bridgehead atoms. The number of fused-ring (bicyclic) bond motifs is 1. The number of benzene rings is 1. The van der Waals surface area contributed by atoms with Gasteiger partial charge in [-0.3, -0.25) is 4.79 Å². The lowest BCUT2D eigenvalue weighted by atomic mass is 10.00. The van der Waals surface area contributed by atoms with Gasteiger partial charge in [0.25, 0.3) is 0 Å². The number of carbonyl (C=O) groups is 1. The second-order valence-corrected chi connectivity index (χ2v) is 4.26. The van der Waals surface area contributed by atoms with Gasteiger partial charge in [-0.25, -0.2) is 0 Å². The van der Waals surface area contributed by atoms with E-state index in [0.29, 0.717) is 0 Å². The van der Waals surface area contributed by atoms with Gasteiger partial charge in [-0.2, -0.15) is 0 Å². The van der Waals surface area contributed by atoms with Gasteiger partial charge in [0, 0.05) is 24.1 Å². The lowest BCUT2D eigenvalue weighted by Crippen LogP contribution is -2.07. The average Bonchev–Trinajstić information content (AvgIpc) is 2.53. The summed E-state index contributed by atoms with van der Waals surface area (Å²) in [5.74, 6) is -1.25. The van der Waals surface area contributed by atoms with Crippen LogP contribution in [0.3, 0.4) is 0 Å². The fourth-order valence-electron chi connectivity index (χ4n) is 2.02. The van der Waals surface area contributed by atoms with E-state index in [2.05, 4.69) is 13.1 Å². The number of hydrogen-bond donors (Lipinski definition) is 1. The number of rotatable bonds is 2. The molecule has 0 saturated heterocycles. The molecule has 2 rings (SSSR count). The van der Waals surface area contributed by atoms with Crippen LogP contribution in [0, 0.1) is 6.92 Å². The smallest absolute Gasteiger partial charge is 0.310 e. The highest BCUT2D eigenvalue weighted by Crippen LogP contribution is 2.24. The van der Waals surface area contributed by atoms with Crippen LogP contribution in [-0.2, 0) is 11.8 Å². The molecule has 1 atom stereocenters. The lowest BCUT2D eigenvalue weighted by Gasteiger charge is -2.07. The molecule has 0 amide bonds. The van der Waals surface area contributed by atoms with Crippen LogP contribution < -0.4 is 0 Å². The highest BCUT2D eigenvalue weighted by Gasteiger charge is 2.14. The van der Waals surface area contributed by atoms with Crippen molar-refractivity contribution >= 4 is 16.9 Å². The molecule has 0 spiro atoms. The lowest BCUT2D eigenvalue weighted by molar-refractivity contribution is -0.138. The number of nitrogens with zero attached hydrogens (tertiary/aromatic N) is 1. The molecular formula is C13H15NO2. The van der Waals surface area contributed by atoms with Gasteiger partial charge in [0.05, 0.1) is 5.92 Å². The minimum Gasteiger partial charge on any atom is -0.481 e. The van der Waals surface area contributed by atoms with Crippen LogP contribution in [0.15, 0.2) is 24.4 Å². The topological polar surface area (TPSA) is 42.2 Å². The van der Waals surface area contributed by atoms with Gasteiger partial charge in [0.1, 0.15) is 0 Å². The second kappa shape index (κ2) is 3.67. The fraction of sp³-hybridized carbons (Fsp3) is 0.308. The van der Waals surface area contributed by atoms with Gasteiger partial charge in [-0.05, 0) is 31.0 Å². The zero-order chi connectivity index (χ0) is 11.9. The first-order valence-corrected chi connectivity index (χ1v) is 5.29. The Morgan fingerprint density at radius 3 is 2.75 bits per heavy atom. The molecule has 1 heterocycles. The molecule has 3 heteroatoms. The third kappa shape index (κ3) is 1.58. The summed E-state index contributed by atoms with van der Waals surface area (Å²) >= 11 is 0. The van der Waals surface area contributed by atoms with Crippen LogP contribution in [0.1, 0.15) is 24.0 Å². The van der Waals surface area contributed by atoms with Crippen LogP contribution in [0.2, 0.25) is 0 Å². The van der Waals surface area contributed by atoms with Gasteiger partial charge in [0.15, 0.2) is 0 Å². The summed E-state index contributed by atoms with van der Waals surface area (Å²) in [6.07, 6.45) is 2.06. The van der Waals surface area contributed by atoms with E-state index in [1.54, 1.807) is 6.92 Å². The van der Waals surface area contributed by atoms with E-state index in [-0.39, 0.29) is 0 Å². The molecule has 0 aliphatic heterocycles. The van der Waals surface area contributed by atoms with E-state index >= 15 is 0 Å². The van der Waals surface area contributed by atoms with Crippen LogP contribution in [0.4, 0.5) is 0 Å². The minimum atomic E-state index is -0.787. The van der Waals surface area contributed by atoms with E-state index in [0.717, 1.165) is 11.1 Å². The summed E-state index contributed by atoms with van der Waals surface area (Å²) in [6.45, 7) is 3.77. The van der Waals surface area contributed by atoms with Gasteiger partial charge < -0.3 is 9.67 Å². The van der Waals surface area contributed by atoms with Crippen LogP contribution in [0.25, 0.3) is 10.9 Å². The van der Waals surface area contributed by atoms with E-state index < -0.39 is 11.9 Å². The SMILES string of the molecule is Cc1cn(C)c2cc(C(C)C(=O)O)ccc12. The standard InChI is InChI=1S/C13H15NO2/c1-8-7-14(3)12-6-10(4-5-11(8)12)9(2)13(15)16/h4-7,9H,1-3H3,(H,15,16). The quantitative estimate of drug-likeness (QED) is 0.840. The molecule has 2 aromatic rings. The van der Waals surface area contributed by atoms with Crippen molar-refractivity contribution in [1.29, 1.82) is 0 Å². The molecule has 16 heavy (non-hydrogen) atoms. The number of aryl methyl sites for hydroxylation is 2. The largest absolute Gasteiger partial charge is 0.481 e. The molecule has 0 fully saturated rings. The number of hydrogen-bond acceptors (Lipinski definition) is 1. The Morgan fingerprint density at radius 1 is 1.44 bits per heavy atom. The van der Waals surface area contributed by atoms with E-state index in [4.69, 9.17) is 5.11 Å². The monoisotopic (exact) mass is 217 g/mol. The molecule has 1 aromatic carbocycles. The van der Waals surface area contributed by atoms with E-state index in [1.807, 2.05) is 29.8 Å². The third-order valence-corrected chi connectivity index (χ3v) is 3.08. The maximum Gasteiger partial charge on any atom is 0.310 e. The summed E-state index contributed by atoms with van der Waals surface area (Å²) in [7, 11) is 1.98. The van der Waals surface area contributed by atoms with Crippen molar-refractivity contribution in [3.63, 3.8) is 0 Å². The zero-order valence-electron chi connectivity index (χ0n) is 9.69. The number of carboxylic acids is 1. The predicted octanol–water partition coefficient (Wildman–Crippen LogP) is 2.67. The molecule has 1 unspecified atom stereocenters. The van der Waals surface area contributed by atoms with Crippen molar-refractivity contribution in [3.8, 4) is 0 Å². The van der Waals surface area contributed by atoms with Crippen molar-refractivity contribution < 1.29 is 9.90 Å².